The second kappa shape index (κ2) is 6.32. The molecule has 0 saturated carbocycles. The second-order valence-corrected chi connectivity index (χ2v) is 5.58. The third-order valence-corrected chi connectivity index (χ3v) is 3.09. The first kappa shape index (κ1) is 15.2. The third-order valence-electron chi connectivity index (χ3n) is 3.09. The summed E-state index contributed by atoms with van der Waals surface area (Å²) in [6.07, 6.45) is 0. The number of nitrogens with zero attached hydrogens (tertiary/aromatic N) is 1. The minimum atomic E-state index is -0.652. The van der Waals surface area contributed by atoms with Crippen molar-refractivity contribution in [2.75, 3.05) is 13.1 Å². The number of aryl methyl sites for hydroxylation is 1. The molecule has 0 saturated heterocycles. The van der Waals surface area contributed by atoms with Crippen LogP contribution in [0, 0.1) is 6.92 Å². The van der Waals surface area contributed by atoms with E-state index < -0.39 is 5.60 Å². The summed E-state index contributed by atoms with van der Waals surface area (Å²) in [7, 11) is 0. The Morgan fingerprint density at radius 3 is 2.44 bits per heavy atom. The summed E-state index contributed by atoms with van der Waals surface area (Å²) >= 11 is 0. The molecule has 0 heterocycles. The molecule has 18 heavy (non-hydrogen) atoms. The topological polar surface area (TPSA) is 49.5 Å². The van der Waals surface area contributed by atoms with E-state index in [4.69, 9.17) is 5.73 Å². The largest absolute Gasteiger partial charge is 0.389 e. The zero-order chi connectivity index (χ0) is 13.8. The SMILES string of the molecule is CCN(Cc1ccc(CN)cc1C)CC(C)(C)O. The molecular weight excluding hydrogens is 224 g/mol. The molecule has 0 aromatic heterocycles. The van der Waals surface area contributed by atoms with Crippen LogP contribution in [0.5, 0.6) is 0 Å². The van der Waals surface area contributed by atoms with E-state index in [-0.39, 0.29) is 0 Å². The third kappa shape index (κ3) is 4.77. The highest BCUT2D eigenvalue weighted by molar-refractivity contribution is 5.31. The smallest absolute Gasteiger partial charge is 0.0718 e. The van der Waals surface area contributed by atoms with Crippen LogP contribution in [0.4, 0.5) is 0 Å². The van der Waals surface area contributed by atoms with Gasteiger partial charge in [0, 0.05) is 19.6 Å². The molecule has 0 aliphatic carbocycles. The molecule has 3 N–H and O–H groups in total. The molecule has 0 bridgehead atoms. The van der Waals surface area contributed by atoms with Gasteiger partial charge in [-0.1, -0.05) is 25.1 Å². The highest BCUT2D eigenvalue weighted by Gasteiger charge is 2.17. The molecule has 0 aliphatic heterocycles. The lowest BCUT2D eigenvalue weighted by atomic mass is 10.0. The van der Waals surface area contributed by atoms with Gasteiger partial charge in [0.2, 0.25) is 0 Å². The van der Waals surface area contributed by atoms with Crippen LogP contribution in [-0.2, 0) is 13.1 Å². The summed E-state index contributed by atoms with van der Waals surface area (Å²) in [5.74, 6) is 0. The zero-order valence-corrected chi connectivity index (χ0v) is 12.0. The van der Waals surface area contributed by atoms with Crippen LogP contribution in [-0.4, -0.2) is 28.7 Å². The van der Waals surface area contributed by atoms with Crippen LogP contribution < -0.4 is 5.73 Å². The maximum atomic E-state index is 9.89. The first-order valence-electron chi connectivity index (χ1n) is 6.59. The van der Waals surface area contributed by atoms with Crippen LogP contribution in [0.25, 0.3) is 0 Å². The molecule has 0 radical (unpaired) electrons. The number of aliphatic hydroxyl groups is 1. The van der Waals surface area contributed by atoms with Gasteiger partial charge in [-0.3, -0.25) is 4.90 Å². The normalized spacial score (nSPS) is 12.2. The molecule has 1 aromatic rings. The summed E-state index contributed by atoms with van der Waals surface area (Å²) in [6, 6.07) is 6.37. The van der Waals surface area contributed by atoms with Gasteiger partial charge in [0.25, 0.3) is 0 Å². The molecule has 0 atom stereocenters. The van der Waals surface area contributed by atoms with Gasteiger partial charge in [-0.15, -0.1) is 0 Å². The van der Waals surface area contributed by atoms with Gasteiger partial charge in [0.15, 0.2) is 0 Å². The van der Waals surface area contributed by atoms with Crippen molar-refractivity contribution in [3.63, 3.8) is 0 Å². The van der Waals surface area contributed by atoms with Crippen LogP contribution in [0.2, 0.25) is 0 Å². The Hall–Kier alpha value is -0.900. The van der Waals surface area contributed by atoms with Crippen LogP contribution in [0.15, 0.2) is 18.2 Å². The lowest BCUT2D eigenvalue weighted by molar-refractivity contribution is 0.0353. The van der Waals surface area contributed by atoms with Gasteiger partial charge in [0.05, 0.1) is 5.60 Å². The number of benzene rings is 1. The Kier molecular flexibility index (Phi) is 5.32. The average Bonchev–Trinajstić information content (AvgIpc) is 2.28. The van der Waals surface area contributed by atoms with Crippen molar-refractivity contribution in [2.45, 2.75) is 46.4 Å². The fourth-order valence-electron chi connectivity index (χ4n) is 2.13. The monoisotopic (exact) mass is 250 g/mol. The van der Waals surface area contributed by atoms with Gasteiger partial charge in [-0.05, 0) is 44.0 Å². The first-order valence-corrected chi connectivity index (χ1v) is 6.59. The predicted molar refractivity (Wildman–Crippen MR) is 76.3 cm³/mol. The summed E-state index contributed by atoms with van der Waals surface area (Å²) < 4.78 is 0. The average molecular weight is 250 g/mol. The fourth-order valence-corrected chi connectivity index (χ4v) is 2.13. The highest BCUT2D eigenvalue weighted by Crippen LogP contribution is 2.15. The van der Waals surface area contributed by atoms with E-state index in [2.05, 4.69) is 36.9 Å². The van der Waals surface area contributed by atoms with Crippen LogP contribution in [0.1, 0.15) is 37.5 Å². The van der Waals surface area contributed by atoms with Gasteiger partial charge >= 0.3 is 0 Å². The Bertz CT molecular complexity index is 383. The van der Waals surface area contributed by atoms with Crippen molar-refractivity contribution in [3.8, 4) is 0 Å². The fraction of sp³-hybridized carbons (Fsp3) is 0.600. The van der Waals surface area contributed by atoms with E-state index in [1.165, 1.54) is 16.7 Å². The van der Waals surface area contributed by atoms with Crippen LogP contribution >= 0.6 is 0 Å². The summed E-state index contributed by atoms with van der Waals surface area (Å²) in [6.45, 7) is 11.0. The van der Waals surface area contributed by atoms with E-state index in [9.17, 15) is 5.11 Å². The van der Waals surface area contributed by atoms with E-state index in [0.717, 1.165) is 13.1 Å². The molecule has 1 aromatic carbocycles. The molecule has 3 heteroatoms. The highest BCUT2D eigenvalue weighted by atomic mass is 16.3. The standard InChI is InChI=1S/C15H26N2O/c1-5-17(11-15(3,4)18)10-14-7-6-13(9-16)8-12(14)2/h6-8,18H,5,9-11,16H2,1-4H3. The van der Waals surface area contributed by atoms with Crippen LogP contribution in [0.3, 0.4) is 0 Å². The van der Waals surface area contributed by atoms with E-state index in [0.29, 0.717) is 13.1 Å². The maximum Gasteiger partial charge on any atom is 0.0718 e. The van der Waals surface area contributed by atoms with E-state index in [1.807, 2.05) is 13.8 Å². The number of hydrogen-bond acceptors (Lipinski definition) is 3. The zero-order valence-electron chi connectivity index (χ0n) is 12.0. The van der Waals surface area contributed by atoms with E-state index in [1.54, 1.807) is 0 Å². The van der Waals surface area contributed by atoms with Gasteiger partial charge < -0.3 is 10.8 Å². The lowest BCUT2D eigenvalue weighted by Crippen LogP contribution is -2.38. The number of likely N-dealkylation sites (N-methyl/N-ethyl adjacent to an activating group) is 1. The summed E-state index contributed by atoms with van der Waals surface area (Å²) in [4.78, 5) is 2.25. The minimum absolute atomic E-state index is 0.586. The molecule has 0 unspecified atom stereocenters. The Labute approximate surface area is 111 Å². The Morgan fingerprint density at radius 1 is 1.33 bits per heavy atom. The molecule has 0 fully saturated rings. The van der Waals surface area contributed by atoms with Gasteiger partial charge in [-0.25, -0.2) is 0 Å². The minimum Gasteiger partial charge on any atom is -0.389 e. The number of nitrogens with two attached hydrogens (primary N) is 1. The molecular formula is C15H26N2O. The lowest BCUT2D eigenvalue weighted by Gasteiger charge is -2.28. The maximum absolute atomic E-state index is 9.89. The quantitative estimate of drug-likeness (QED) is 0.812. The second-order valence-electron chi connectivity index (χ2n) is 5.58. The number of hydrogen-bond donors (Lipinski definition) is 2. The summed E-state index contributed by atoms with van der Waals surface area (Å²) in [5.41, 5.74) is 8.73. The molecule has 0 spiro atoms. The summed E-state index contributed by atoms with van der Waals surface area (Å²) in [5, 5.41) is 9.89. The predicted octanol–water partition coefficient (Wildman–Crippen LogP) is 2.05. The molecule has 3 nitrogen and oxygen atoms in total. The van der Waals surface area contributed by atoms with Crippen molar-refractivity contribution >= 4 is 0 Å². The van der Waals surface area contributed by atoms with Crippen molar-refractivity contribution in [3.05, 3.63) is 34.9 Å². The van der Waals surface area contributed by atoms with Gasteiger partial charge in [-0.2, -0.15) is 0 Å². The molecule has 0 aliphatic rings. The van der Waals surface area contributed by atoms with Crippen molar-refractivity contribution in [1.82, 2.24) is 4.90 Å². The Balaban J connectivity index is 2.76. The molecule has 0 amide bonds. The number of rotatable bonds is 6. The first-order chi connectivity index (χ1) is 8.35. The van der Waals surface area contributed by atoms with Crippen molar-refractivity contribution in [2.24, 2.45) is 5.73 Å². The van der Waals surface area contributed by atoms with Gasteiger partial charge in [0.1, 0.15) is 0 Å². The Morgan fingerprint density at radius 2 is 2.00 bits per heavy atom. The van der Waals surface area contributed by atoms with E-state index >= 15 is 0 Å². The van der Waals surface area contributed by atoms with Crippen molar-refractivity contribution in [1.29, 1.82) is 0 Å². The molecule has 102 valence electrons. The molecule has 1 rings (SSSR count). The van der Waals surface area contributed by atoms with Crippen molar-refractivity contribution < 1.29 is 5.11 Å².